The van der Waals surface area contributed by atoms with Crippen molar-refractivity contribution in [2.75, 3.05) is 19.6 Å². The molecular formula is C23H21As2Cl2N4O2. The molecule has 1 atom stereocenters. The summed E-state index contributed by atoms with van der Waals surface area (Å²) in [5, 5.41) is 14.4. The van der Waals surface area contributed by atoms with Gasteiger partial charge < -0.3 is 5.11 Å². The number of aliphatic carboxylic acids is 1. The fourth-order valence-corrected chi connectivity index (χ4v) is 7.70. The number of benzene rings is 2. The van der Waals surface area contributed by atoms with Gasteiger partial charge in [0.05, 0.1) is 0 Å². The van der Waals surface area contributed by atoms with Crippen LogP contribution in [0.3, 0.4) is 0 Å². The number of aromatic nitrogens is 2. The van der Waals surface area contributed by atoms with Crippen molar-refractivity contribution in [1.82, 2.24) is 20.2 Å². The molecule has 0 aliphatic carbocycles. The molecule has 1 aliphatic heterocycles. The van der Waals surface area contributed by atoms with Gasteiger partial charge in [-0.3, -0.25) is 4.79 Å². The van der Waals surface area contributed by atoms with E-state index < -0.39 is 12.0 Å². The number of rotatable bonds is 7. The van der Waals surface area contributed by atoms with E-state index in [1.807, 2.05) is 30.3 Å². The van der Waals surface area contributed by atoms with Crippen molar-refractivity contribution in [3.8, 4) is 11.3 Å². The quantitative estimate of drug-likeness (QED) is 0.399. The summed E-state index contributed by atoms with van der Waals surface area (Å²) in [4.78, 5) is 22.8. The molecule has 4 rings (SSSR count). The van der Waals surface area contributed by atoms with Gasteiger partial charge in [0.2, 0.25) is 0 Å². The molecule has 3 radical (unpaired) electrons. The van der Waals surface area contributed by atoms with Gasteiger partial charge in [0, 0.05) is 0 Å². The predicted molar refractivity (Wildman–Crippen MR) is 133 cm³/mol. The van der Waals surface area contributed by atoms with Crippen molar-refractivity contribution in [2.45, 2.75) is 17.8 Å². The van der Waals surface area contributed by atoms with Crippen molar-refractivity contribution in [2.24, 2.45) is 0 Å². The van der Waals surface area contributed by atoms with E-state index in [-0.39, 0.29) is 15.8 Å². The fourth-order valence-electron chi connectivity index (χ4n) is 3.61. The summed E-state index contributed by atoms with van der Waals surface area (Å²) < 4.78 is 1.86. The molecule has 6 nitrogen and oxygen atoms in total. The Balaban J connectivity index is 1.44. The minimum absolute atomic E-state index is 0.294. The molecule has 1 saturated heterocycles. The molecule has 0 bridgehead atoms. The Hall–Kier alpha value is -1.39. The second-order valence-electron chi connectivity index (χ2n) is 7.70. The summed E-state index contributed by atoms with van der Waals surface area (Å²) in [5.74, 6) is -0.804. The van der Waals surface area contributed by atoms with Gasteiger partial charge in [-0.05, 0) is 0 Å². The zero-order chi connectivity index (χ0) is 23.4. The first kappa shape index (κ1) is 24.7. The van der Waals surface area contributed by atoms with Crippen LogP contribution in [-0.2, 0) is 16.5 Å². The van der Waals surface area contributed by atoms with Crippen molar-refractivity contribution >= 4 is 70.7 Å². The topological polar surface area (TPSA) is 78.3 Å². The molecular weight excluding hydrogens is 585 g/mol. The molecule has 2 heterocycles. The first-order valence-corrected chi connectivity index (χ1v) is 14.3. The molecule has 1 fully saturated rings. The second-order valence-corrected chi connectivity index (χ2v) is 11.6. The summed E-state index contributed by atoms with van der Waals surface area (Å²) >= 11 is 14.9. The molecule has 169 valence electrons. The van der Waals surface area contributed by atoms with Crippen LogP contribution in [0.2, 0.25) is 10.0 Å². The van der Waals surface area contributed by atoms with Crippen LogP contribution >= 0.6 is 23.2 Å². The maximum absolute atomic E-state index is 11.3. The van der Waals surface area contributed by atoms with E-state index in [2.05, 4.69) is 44.2 Å². The van der Waals surface area contributed by atoms with Crippen molar-refractivity contribution < 1.29 is 9.90 Å². The summed E-state index contributed by atoms with van der Waals surface area (Å²) in [5.41, 5.74) is 3.93. The number of carbonyl (C=O) groups is 1. The van der Waals surface area contributed by atoms with Gasteiger partial charge in [0.15, 0.2) is 0 Å². The average molecular weight is 606 g/mol. The third-order valence-electron chi connectivity index (χ3n) is 5.40. The molecule has 0 unspecified atom stereocenters. The number of carboxylic acid groups (broad SMARTS) is 1. The van der Waals surface area contributed by atoms with Crippen molar-refractivity contribution in [1.29, 1.82) is 0 Å². The van der Waals surface area contributed by atoms with Gasteiger partial charge in [-0.2, -0.15) is 0 Å². The number of halogens is 2. The van der Waals surface area contributed by atoms with Crippen LogP contribution in [-0.4, -0.2) is 84.2 Å². The van der Waals surface area contributed by atoms with Crippen LogP contribution < -0.4 is 14.3 Å². The standard InChI is InChI=1S/C23H21As2Cl2N4O2/c24-21-22(25-10-16-17(26)2-1-3-18(16)27)30-19(11-29-21)15-6-4-14(5-7-15)12-31-9-8-28-20(13-31)23(32)33/h1-7,11,20,28H,8-10,12-13H2,(H,32,33)/t20-/m0/s1. The predicted octanol–water partition coefficient (Wildman–Crippen LogP) is 1.63. The minimum atomic E-state index is -0.804. The summed E-state index contributed by atoms with van der Waals surface area (Å²) in [6.07, 6.45) is 1.80. The molecule has 10 heteroatoms. The molecule has 3 aromatic rings. The van der Waals surface area contributed by atoms with Gasteiger partial charge >= 0.3 is 209 Å². The number of piperazine rings is 1. The van der Waals surface area contributed by atoms with E-state index >= 15 is 0 Å². The van der Waals surface area contributed by atoms with Gasteiger partial charge in [0.25, 0.3) is 0 Å². The van der Waals surface area contributed by atoms with Crippen molar-refractivity contribution in [3.05, 3.63) is 69.8 Å². The Morgan fingerprint density at radius 1 is 1.21 bits per heavy atom. The first-order valence-electron chi connectivity index (χ1n) is 10.3. The Morgan fingerprint density at radius 3 is 2.64 bits per heavy atom. The number of hydrogen-bond donors (Lipinski definition) is 2. The molecule has 33 heavy (non-hydrogen) atoms. The third kappa shape index (κ3) is 6.39. The summed E-state index contributed by atoms with van der Waals surface area (Å²) in [6.45, 7) is 2.73. The van der Waals surface area contributed by atoms with E-state index in [1.165, 1.54) is 0 Å². The molecule has 1 aromatic heterocycles. The molecule has 0 spiro atoms. The van der Waals surface area contributed by atoms with E-state index in [4.69, 9.17) is 28.2 Å². The SMILES string of the molecule is O=C(O)[C@@H]1CN(Cc2ccc(-c3cnc([As])c([As]Cc4c(Cl)cccc4Cl)n3)cc2)CCN1. The van der Waals surface area contributed by atoms with Gasteiger partial charge in [-0.25, -0.2) is 0 Å². The number of nitrogens with one attached hydrogen (secondary N) is 1. The molecule has 1 aliphatic rings. The molecule has 0 saturated carbocycles. The fraction of sp³-hybridized carbons (Fsp3) is 0.261. The molecule has 2 aromatic carbocycles. The first-order chi connectivity index (χ1) is 15.9. The van der Waals surface area contributed by atoms with Crippen LogP contribution in [0.1, 0.15) is 11.1 Å². The summed E-state index contributed by atoms with van der Waals surface area (Å²) in [7, 11) is 0. The Labute approximate surface area is 218 Å². The maximum atomic E-state index is 11.3. The second kappa shape index (κ2) is 11.4. The van der Waals surface area contributed by atoms with Crippen LogP contribution in [0, 0.1) is 0 Å². The molecule has 0 amide bonds. The van der Waals surface area contributed by atoms with Crippen molar-refractivity contribution in [3.63, 3.8) is 0 Å². The zero-order valence-electron chi connectivity index (χ0n) is 17.6. The Morgan fingerprint density at radius 2 is 1.94 bits per heavy atom. The van der Waals surface area contributed by atoms with Crippen LogP contribution in [0.15, 0.2) is 48.7 Å². The molecule has 2 N–H and O–H groups in total. The van der Waals surface area contributed by atoms with Crippen LogP contribution in [0.4, 0.5) is 0 Å². The zero-order valence-corrected chi connectivity index (χ0v) is 22.8. The van der Waals surface area contributed by atoms with Gasteiger partial charge in [-0.15, -0.1) is 0 Å². The van der Waals surface area contributed by atoms with E-state index in [0.717, 1.165) is 49.6 Å². The van der Waals surface area contributed by atoms with Crippen LogP contribution in [0.25, 0.3) is 11.3 Å². The number of nitrogens with zero attached hydrogens (tertiary/aromatic N) is 3. The van der Waals surface area contributed by atoms with E-state index in [0.29, 0.717) is 23.1 Å². The van der Waals surface area contributed by atoms with Crippen LogP contribution in [0.5, 0.6) is 0 Å². The Bertz CT molecular complexity index is 1130. The monoisotopic (exact) mass is 605 g/mol. The average Bonchev–Trinajstić information content (AvgIpc) is 2.80. The normalized spacial score (nSPS) is 17.0. The Kier molecular flexibility index (Phi) is 8.51. The summed E-state index contributed by atoms with van der Waals surface area (Å²) in [6, 6.07) is 13.3. The third-order valence-corrected chi connectivity index (χ3v) is 9.90. The van der Waals surface area contributed by atoms with Gasteiger partial charge in [0.1, 0.15) is 0 Å². The number of carboxylic acids is 1. The van der Waals surface area contributed by atoms with E-state index in [1.54, 1.807) is 6.20 Å². The van der Waals surface area contributed by atoms with Gasteiger partial charge in [-0.1, -0.05) is 0 Å². The van der Waals surface area contributed by atoms with E-state index in [9.17, 15) is 9.90 Å². The number of hydrogen-bond acceptors (Lipinski definition) is 5.